The van der Waals surface area contributed by atoms with Crippen molar-refractivity contribution in [2.75, 3.05) is 14.2 Å². The van der Waals surface area contributed by atoms with Crippen LogP contribution >= 0.6 is 31.9 Å². The van der Waals surface area contributed by atoms with Crippen LogP contribution < -0.4 is 9.47 Å². The molecule has 0 aliphatic heterocycles. The van der Waals surface area contributed by atoms with E-state index in [0.29, 0.717) is 27.1 Å². The Morgan fingerprint density at radius 2 is 1.60 bits per heavy atom. The lowest BCUT2D eigenvalue weighted by molar-refractivity contribution is 0.103. The van der Waals surface area contributed by atoms with E-state index in [1.165, 1.54) is 7.11 Å². The lowest BCUT2D eigenvalue weighted by Crippen LogP contribution is -2.05. The molecule has 0 fully saturated rings. The average Bonchev–Trinajstić information content (AvgIpc) is 2.47. The highest BCUT2D eigenvalue weighted by Gasteiger charge is 2.19. The number of rotatable bonds is 4. The minimum absolute atomic E-state index is 0.0993. The fourth-order valence-electron chi connectivity index (χ4n) is 1.83. The van der Waals surface area contributed by atoms with Gasteiger partial charge in [-0.05, 0) is 52.3 Å². The highest BCUT2D eigenvalue weighted by Crippen LogP contribution is 2.38. The molecule has 0 radical (unpaired) electrons. The molecule has 0 aliphatic carbocycles. The highest BCUT2D eigenvalue weighted by molar-refractivity contribution is 9.11. The molecule has 2 aromatic carbocycles. The number of carbonyl (C=O) groups is 1. The summed E-state index contributed by atoms with van der Waals surface area (Å²) < 4.78 is 12.1. The zero-order valence-electron chi connectivity index (χ0n) is 10.9. The van der Waals surface area contributed by atoms with Gasteiger partial charge in [0, 0.05) is 10.0 Å². The van der Waals surface area contributed by atoms with Crippen molar-refractivity contribution in [1.82, 2.24) is 0 Å². The standard InChI is InChI=1S/C15H12Br2O3/c1-19-12-8-7-11(15(20-2)13(12)17)14(18)9-3-5-10(16)6-4-9/h3-8H,1-2H3. The molecule has 104 valence electrons. The zero-order chi connectivity index (χ0) is 14.7. The van der Waals surface area contributed by atoms with E-state index in [1.54, 1.807) is 31.4 Å². The fraction of sp³-hybridized carbons (Fsp3) is 0.133. The van der Waals surface area contributed by atoms with E-state index >= 15 is 0 Å². The van der Waals surface area contributed by atoms with Gasteiger partial charge < -0.3 is 9.47 Å². The van der Waals surface area contributed by atoms with Gasteiger partial charge in [0.25, 0.3) is 0 Å². The summed E-state index contributed by atoms with van der Waals surface area (Å²) in [6, 6.07) is 10.6. The minimum Gasteiger partial charge on any atom is -0.495 e. The van der Waals surface area contributed by atoms with Crippen molar-refractivity contribution >= 4 is 37.6 Å². The first-order valence-electron chi connectivity index (χ1n) is 5.79. The number of carbonyl (C=O) groups excluding carboxylic acids is 1. The Kier molecular flexibility index (Phi) is 4.83. The Morgan fingerprint density at radius 1 is 0.950 bits per heavy atom. The van der Waals surface area contributed by atoms with Crippen molar-refractivity contribution in [2.24, 2.45) is 0 Å². The molecule has 2 aromatic rings. The Bertz CT molecular complexity index is 636. The molecule has 5 heteroatoms. The molecular formula is C15H12Br2O3. The van der Waals surface area contributed by atoms with Gasteiger partial charge in [-0.15, -0.1) is 0 Å². The molecule has 0 saturated heterocycles. The van der Waals surface area contributed by atoms with Crippen LogP contribution in [-0.4, -0.2) is 20.0 Å². The Hall–Kier alpha value is -1.33. The van der Waals surface area contributed by atoms with Crippen LogP contribution in [0.3, 0.4) is 0 Å². The molecule has 0 spiro atoms. The predicted molar refractivity (Wildman–Crippen MR) is 84.8 cm³/mol. The maximum Gasteiger partial charge on any atom is 0.196 e. The first kappa shape index (κ1) is 15.1. The first-order chi connectivity index (χ1) is 9.58. The van der Waals surface area contributed by atoms with E-state index < -0.39 is 0 Å². The van der Waals surface area contributed by atoms with Crippen LogP contribution in [0.1, 0.15) is 15.9 Å². The third-order valence-electron chi connectivity index (χ3n) is 2.84. The quantitative estimate of drug-likeness (QED) is 0.712. The van der Waals surface area contributed by atoms with Crippen molar-refractivity contribution in [2.45, 2.75) is 0 Å². The monoisotopic (exact) mass is 398 g/mol. The second kappa shape index (κ2) is 6.41. The van der Waals surface area contributed by atoms with Gasteiger partial charge in [0.1, 0.15) is 16.0 Å². The number of benzene rings is 2. The number of ether oxygens (including phenoxy) is 2. The van der Waals surface area contributed by atoms with Crippen LogP contribution in [0.15, 0.2) is 45.3 Å². The maximum absolute atomic E-state index is 12.5. The maximum atomic E-state index is 12.5. The van der Waals surface area contributed by atoms with Gasteiger partial charge >= 0.3 is 0 Å². The summed E-state index contributed by atoms with van der Waals surface area (Å²) in [4.78, 5) is 12.5. The van der Waals surface area contributed by atoms with E-state index in [4.69, 9.17) is 9.47 Å². The Balaban J connectivity index is 2.49. The molecule has 0 heterocycles. The number of ketones is 1. The van der Waals surface area contributed by atoms with Crippen molar-refractivity contribution in [3.8, 4) is 11.5 Å². The van der Waals surface area contributed by atoms with Crippen molar-refractivity contribution in [3.63, 3.8) is 0 Å². The van der Waals surface area contributed by atoms with E-state index in [-0.39, 0.29) is 5.78 Å². The number of halogens is 2. The van der Waals surface area contributed by atoms with Gasteiger partial charge in [0.2, 0.25) is 0 Å². The van der Waals surface area contributed by atoms with E-state index in [2.05, 4.69) is 31.9 Å². The fourth-order valence-corrected chi connectivity index (χ4v) is 2.76. The Labute approximate surface area is 134 Å². The lowest BCUT2D eigenvalue weighted by atomic mass is 10.0. The van der Waals surface area contributed by atoms with E-state index in [0.717, 1.165) is 4.47 Å². The molecular weight excluding hydrogens is 388 g/mol. The summed E-state index contributed by atoms with van der Waals surface area (Å²) in [7, 11) is 3.09. The number of methoxy groups -OCH3 is 2. The molecule has 0 aliphatic rings. The van der Waals surface area contributed by atoms with Gasteiger partial charge in [0.15, 0.2) is 5.78 Å². The van der Waals surface area contributed by atoms with Crippen LogP contribution in [0.25, 0.3) is 0 Å². The van der Waals surface area contributed by atoms with Crippen LogP contribution in [0.4, 0.5) is 0 Å². The molecule has 2 rings (SSSR count). The summed E-state index contributed by atoms with van der Waals surface area (Å²) in [6.07, 6.45) is 0. The van der Waals surface area contributed by atoms with Gasteiger partial charge in [0.05, 0.1) is 19.8 Å². The topological polar surface area (TPSA) is 35.5 Å². The second-order valence-electron chi connectivity index (χ2n) is 4.00. The van der Waals surface area contributed by atoms with Crippen molar-refractivity contribution in [3.05, 3.63) is 56.5 Å². The van der Waals surface area contributed by atoms with E-state index in [9.17, 15) is 4.79 Å². The molecule has 0 unspecified atom stereocenters. The third kappa shape index (κ3) is 2.88. The Morgan fingerprint density at radius 3 is 2.15 bits per heavy atom. The van der Waals surface area contributed by atoms with Crippen molar-refractivity contribution < 1.29 is 14.3 Å². The van der Waals surface area contributed by atoms with Crippen LogP contribution in [-0.2, 0) is 0 Å². The van der Waals surface area contributed by atoms with Crippen molar-refractivity contribution in [1.29, 1.82) is 0 Å². The second-order valence-corrected chi connectivity index (χ2v) is 5.71. The number of hydrogen-bond donors (Lipinski definition) is 0. The third-order valence-corrected chi connectivity index (χ3v) is 4.12. The molecule has 3 nitrogen and oxygen atoms in total. The van der Waals surface area contributed by atoms with E-state index in [1.807, 2.05) is 12.1 Å². The summed E-state index contributed by atoms with van der Waals surface area (Å²) in [5, 5.41) is 0. The summed E-state index contributed by atoms with van der Waals surface area (Å²) in [5.74, 6) is 0.990. The van der Waals surface area contributed by atoms with Gasteiger partial charge in [-0.25, -0.2) is 0 Å². The molecule has 0 amide bonds. The first-order valence-corrected chi connectivity index (χ1v) is 7.37. The molecule has 0 aromatic heterocycles. The summed E-state index contributed by atoms with van der Waals surface area (Å²) in [5.41, 5.74) is 1.09. The molecule has 20 heavy (non-hydrogen) atoms. The summed E-state index contributed by atoms with van der Waals surface area (Å²) >= 11 is 6.74. The SMILES string of the molecule is COc1ccc(C(=O)c2ccc(Br)cc2)c(OC)c1Br. The zero-order valence-corrected chi connectivity index (χ0v) is 14.1. The number of hydrogen-bond acceptors (Lipinski definition) is 3. The van der Waals surface area contributed by atoms with Gasteiger partial charge in [-0.3, -0.25) is 4.79 Å². The average molecular weight is 400 g/mol. The largest absolute Gasteiger partial charge is 0.495 e. The smallest absolute Gasteiger partial charge is 0.196 e. The van der Waals surface area contributed by atoms with Gasteiger partial charge in [-0.1, -0.05) is 15.9 Å². The highest BCUT2D eigenvalue weighted by atomic mass is 79.9. The van der Waals surface area contributed by atoms with Crippen LogP contribution in [0.2, 0.25) is 0 Å². The normalized spacial score (nSPS) is 10.2. The van der Waals surface area contributed by atoms with Gasteiger partial charge in [-0.2, -0.15) is 0 Å². The molecule has 0 atom stereocenters. The van der Waals surface area contributed by atoms with Crippen LogP contribution in [0.5, 0.6) is 11.5 Å². The molecule has 0 bridgehead atoms. The lowest BCUT2D eigenvalue weighted by Gasteiger charge is -2.12. The molecule has 0 N–H and O–H groups in total. The minimum atomic E-state index is -0.0993. The van der Waals surface area contributed by atoms with Crippen LogP contribution in [0, 0.1) is 0 Å². The predicted octanol–water partition coefficient (Wildman–Crippen LogP) is 4.46. The summed E-state index contributed by atoms with van der Waals surface area (Å²) in [6.45, 7) is 0. The molecule has 0 saturated carbocycles.